The molecule has 0 aliphatic heterocycles. The van der Waals surface area contributed by atoms with Crippen molar-refractivity contribution >= 4 is 34.8 Å². The monoisotopic (exact) mass is 490 g/mol. The lowest BCUT2D eigenvalue weighted by Gasteiger charge is -2.16. The Kier molecular flexibility index (Phi) is 7.32. The van der Waals surface area contributed by atoms with Crippen molar-refractivity contribution in [1.29, 1.82) is 0 Å². The Morgan fingerprint density at radius 2 is 1.43 bits per heavy atom. The van der Waals surface area contributed by atoms with Crippen molar-refractivity contribution in [3.8, 4) is 11.5 Å². The lowest BCUT2D eigenvalue weighted by Crippen LogP contribution is -2.15. The van der Waals surface area contributed by atoms with Crippen molar-refractivity contribution in [1.82, 2.24) is 9.78 Å². The van der Waals surface area contributed by atoms with Gasteiger partial charge in [0.1, 0.15) is 11.5 Å². The summed E-state index contributed by atoms with van der Waals surface area (Å²) >= 11 is 6.22. The van der Waals surface area contributed by atoms with E-state index in [1.165, 1.54) is 20.4 Å². The van der Waals surface area contributed by atoms with Crippen LogP contribution < -0.4 is 20.1 Å². The van der Waals surface area contributed by atoms with Gasteiger partial charge in [-0.25, -0.2) is 0 Å². The van der Waals surface area contributed by atoms with Crippen LogP contribution in [-0.2, 0) is 6.54 Å². The maximum atomic E-state index is 12.9. The van der Waals surface area contributed by atoms with Crippen LogP contribution in [0.3, 0.4) is 0 Å². The third kappa shape index (κ3) is 5.62. The van der Waals surface area contributed by atoms with Crippen LogP contribution in [-0.4, -0.2) is 35.8 Å². The molecule has 2 amide bonds. The molecule has 0 saturated carbocycles. The van der Waals surface area contributed by atoms with E-state index < -0.39 is 0 Å². The normalized spacial score (nSPS) is 10.5. The molecule has 0 radical (unpaired) electrons. The number of nitrogens with zero attached hydrogens (tertiary/aromatic N) is 2. The summed E-state index contributed by atoms with van der Waals surface area (Å²) in [5, 5.41) is 10.5. The number of hydrogen-bond acceptors (Lipinski definition) is 5. The lowest BCUT2D eigenvalue weighted by atomic mass is 10.2. The molecule has 4 aromatic rings. The second-order valence-corrected chi connectivity index (χ2v) is 7.95. The summed E-state index contributed by atoms with van der Waals surface area (Å²) in [5.74, 6) is 0.0382. The van der Waals surface area contributed by atoms with E-state index in [1.54, 1.807) is 53.3 Å². The highest BCUT2D eigenvalue weighted by molar-refractivity contribution is 6.31. The van der Waals surface area contributed by atoms with Gasteiger partial charge in [-0.15, -0.1) is 0 Å². The molecular weight excluding hydrogens is 468 g/mol. The SMILES string of the molecule is COc1cc(NC(=O)c2cnn(Cc3ccccc3Cl)c2)c(OC)cc1NC(=O)c1ccccc1. The van der Waals surface area contributed by atoms with Gasteiger partial charge in [-0.05, 0) is 23.8 Å². The summed E-state index contributed by atoms with van der Waals surface area (Å²) in [6, 6.07) is 19.4. The zero-order valence-corrected chi connectivity index (χ0v) is 19.9. The van der Waals surface area contributed by atoms with Crippen molar-refractivity contribution in [2.45, 2.75) is 6.54 Å². The van der Waals surface area contributed by atoms with Gasteiger partial charge in [-0.3, -0.25) is 14.3 Å². The zero-order chi connectivity index (χ0) is 24.8. The number of carbonyl (C=O) groups excluding carboxylic acids is 2. The van der Waals surface area contributed by atoms with Gasteiger partial charge in [0, 0.05) is 28.9 Å². The van der Waals surface area contributed by atoms with E-state index in [4.69, 9.17) is 21.1 Å². The van der Waals surface area contributed by atoms with Crippen LogP contribution in [0.5, 0.6) is 11.5 Å². The Morgan fingerprint density at radius 3 is 2.03 bits per heavy atom. The average Bonchev–Trinajstić information content (AvgIpc) is 3.35. The number of nitrogens with one attached hydrogen (secondary N) is 2. The van der Waals surface area contributed by atoms with E-state index in [1.807, 2.05) is 24.3 Å². The molecule has 0 spiro atoms. The maximum Gasteiger partial charge on any atom is 0.258 e. The third-order valence-corrected chi connectivity index (χ3v) is 5.61. The van der Waals surface area contributed by atoms with Crippen molar-refractivity contribution in [3.05, 3.63) is 101 Å². The minimum absolute atomic E-state index is 0.298. The van der Waals surface area contributed by atoms with Gasteiger partial charge < -0.3 is 20.1 Å². The molecule has 0 atom stereocenters. The summed E-state index contributed by atoms with van der Waals surface area (Å²) in [6.45, 7) is 0.430. The van der Waals surface area contributed by atoms with Crippen molar-refractivity contribution in [2.24, 2.45) is 0 Å². The molecule has 0 saturated heterocycles. The number of benzene rings is 3. The fourth-order valence-corrected chi connectivity index (χ4v) is 3.64. The highest BCUT2D eigenvalue weighted by Gasteiger charge is 2.18. The summed E-state index contributed by atoms with van der Waals surface area (Å²) in [4.78, 5) is 25.5. The van der Waals surface area contributed by atoms with Gasteiger partial charge in [-0.2, -0.15) is 5.10 Å². The van der Waals surface area contributed by atoms with Gasteiger partial charge >= 0.3 is 0 Å². The predicted octanol–water partition coefficient (Wildman–Crippen LogP) is 5.11. The minimum Gasteiger partial charge on any atom is -0.494 e. The smallest absolute Gasteiger partial charge is 0.258 e. The molecule has 0 bridgehead atoms. The van der Waals surface area contributed by atoms with E-state index in [-0.39, 0.29) is 11.8 Å². The molecule has 35 heavy (non-hydrogen) atoms. The highest BCUT2D eigenvalue weighted by atomic mass is 35.5. The number of hydrogen-bond donors (Lipinski definition) is 2. The number of methoxy groups -OCH3 is 2. The van der Waals surface area contributed by atoms with E-state index in [9.17, 15) is 9.59 Å². The highest BCUT2D eigenvalue weighted by Crippen LogP contribution is 2.37. The van der Waals surface area contributed by atoms with Crippen LogP contribution in [0.1, 0.15) is 26.3 Å². The summed E-state index contributed by atoms with van der Waals surface area (Å²) in [5.41, 5.74) is 2.54. The first-order chi connectivity index (χ1) is 17.0. The van der Waals surface area contributed by atoms with Crippen molar-refractivity contribution in [3.63, 3.8) is 0 Å². The topological polar surface area (TPSA) is 94.5 Å². The summed E-state index contributed by atoms with van der Waals surface area (Å²) in [7, 11) is 2.95. The quantitative estimate of drug-likeness (QED) is 0.358. The third-order valence-electron chi connectivity index (χ3n) is 5.24. The number of carbonyl (C=O) groups is 2. The Bertz CT molecular complexity index is 1350. The van der Waals surface area contributed by atoms with Gasteiger partial charge in [0.15, 0.2) is 0 Å². The molecule has 1 heterocycles. The predicted molar refractivity (Wildman–Crippen MR) is 135 cm³/mol. The fraction of sp³-hybridized carbons (Fsp3) is 0.115. The number of aromatic nitrogens is 2. The standard InChI is InChI=1S/C26H23ClN4O4/c1-34-23-13-22(24(35-2)12-21(23)29-25(32)17-8-4-3-5-9-17)30-26(33)19-14-28-31(16-19)15-18-10-6-7-11-20(18)27/h3-14,16H,15H2,1-2H3,(H,29,32)(H,30,33). The molecule has 0 unspecified atom stereocenters. The van der Waals surface area contributed by atoms with Crippen LogP contribution >= 0.6 is 11.6 Å². The van der Waals surface area contributed by atoms with Gasteiger partial charge in [-0.1, -0.05) is 48.0 Å². The Labute approximate surface area is 207 Å². The molecule has 0 fully saturated rings. The van der Waals surface area contributed by atoms with E-state index in [0.29, 0.717) is 45.6 Å². The molecule has 9 heteroatoms. The molecule has 178 valence electrons. The molecule has 3 aromatic carbocycles. The maximum absolute atomic E-state index is 12.9. The van der Waals surface area contributed by atoms with Crippen molar-refractivity contribution in [2.75, 3.05) is 24.9 Å². The largest absolute Gasteiger partial charge is 0.494 e. The van der Waals surface area contributed by atoms with Crippen molar-refractivity contribution < 1.29 is 19.1 Å². The minimum atomic E-state index is -0.378. The Hall–Kier alpha value is -4.30. The van der Waals surface area contributed by atoms with Crippen LogP contribution in [0, 0.1) is 0 Å². The number of halogens is 1. The summed E-state index contributed by atoms with van der Waals surface area (Å²) < 4.78 is 12.5. The number of rotatable bonds is 8. The van der Waals surface area contributed by atoms with Gasteiger partial charge in [0.2, 0.25) is 0 Å². The van der Waals surface area contributed by atoms with Crippen LogP contribution in [0.15, 0.2) is 79.1 Å². The molecule has 4 rings (SSSR count). The second kappa shape index (κ2) is 10.8. The molecule has 0 aliphatic carbocycles. The zero-order valence-electron chi connectivity index (χ0n) is 19.1. The lowest BCUT2D eigenvalue weighted by molar-refractivity contribution is 0.101. The van der Waals surface area contributed by atoms with E-state index in [0.717, 1.165) is 5.56 Å². The number of amides is 2. The second-order valence-electron chi connectivity index (χ2n) is 7.55. The first-order valence-electron chi connectivity index (χ1n) is 10.7. The summed E-state index contributed by atoms with van der Waals surface area (Å²) in [6.07, 6.45) is 3.11. The van der Waals surface area contributed by atoms with Gasteiger partial charge in [0.25, 0.3) is 11.8 Å². The fourth-order valence-electron chi connectivity index (χ4n) is 3.44. The first kappa shape index (κ1) is 23.8. The van der Waals surface area contributed by atoms with Crippen LogP contribution in [0.4, 0.5) is 11.4 Å². The molecule has 2 N–H and O–H groups in total. The van der Waals surface area contributed by atoms with Crippen LogP contribution in [0.25, 0.3) is 0 Å². The Balaban J connectivity index is 1.52. The van der Waals surface area contributed by atoms with E-state index in [2.05, 4.69) is 15.7 Å². The molecular formula is C26H23ClN4O4. The van der Waals surface area contributed by atoms with Crippen LogP contribution in [0.2, 0.25) is 5.02 Å². The Morgan fingerprint density at radius 1 is 0.857 bits per heavy atom. The number of ether oxygens (including phenoxy) is 2. The van der Waals surface area contributed by atoms with E-state index >= 15 is 0 Å². The van der Waals surface area contributed by atoms with Gasteiger partial charge in [0.05, 0.1) is 43.9 Å². The number of anilines is 2. The first-order valence-corrected chi connectivity index (χ1v) is 11.1. The molecule has 1 aromatic heterocycles. The molecule has 8 nitrogen and oxygen atoms in total. The average molecular weight is 491 g/mol. The molecule has 0 aliphatic rings.